The van der Waals surface area contributed by atoms with E-state index >= 15 is 0 Å². The SMILES string of the molecule is Nc1nc(Cl)c(C=Cc2ccc(F)c(F)c2)c(N[C@@H]2C[C@H](CO)[C@@H](O)[C@H]2O)n1. The maximum atomic E-state index is 13.4. The predicted octanol–water partition coefficient (Wildman–Crippen LogP) is 1.68. The third kappa shape index (κ3) is 4.22. The highest BCUT2D eigenvalue weighted by Gasteiger charge is 2.41. The first-order chi connectivity index (χ1) is 13.3. The molecule has 150 valence electrons. The average molecular weight is 413 g/mol. The van der Waals surface area contributed by atoms with E-state index in [1.165, 1.54) is 18.2 Å². The number of nitrogens with one attached hydrogen (secondary N) is 1. The van der Waals surface area contributed by atoms with Crippen molar-refractivity contribution in [3.05, 3.63) is 46.1 Å². The van der Waals surface area contributed by atoms with Gasteiger partial charge in [0, 0.05) is 12.5 Å². The lowest BCUT2D eigenvalue weighted by atomic mass is 10.1. The van der Waals surface area contributed by atoms with Crippen LogP contribution < -0.4 is 11.1 Å². The average Bonchev–Trinajstić information content (AvgIpc) is 2.91. The van der Waals surface area contributed by atoms with Crippen molar-refractivity contribution in [2.75, 3.05) is 17.7 Å². The van der Waals surface area contributed by atoms with Gasteiger partial charge < -0.3 is 26.4 Å². The Morgan fingerprint density at radius 1 is 1.18 bits per heavy atom. The van der Waals surface area contributed by atoms with Crippen LogP contribution in [0.2, 0.25) is 5.15 Å². The highest BCUT2D eigenvalue weighted by molar-refractivity contribution is 6.31. The van der Waals surface area contributed by atoms with Crippen LogP contribution in [0, 0.1) is 17.6 Å². The second-order valence-corrected chi connectivity index (χ2v) is 6.91. The van der Waals surface area contributed by atoms with Gasteiger partial charge in [0.1, 0.15) is 17.1 Å². The Balaban J connectivity index is 1.89. The molecule has 1 heterocycles. The number of aliphatic hydroxyl groups excluding tert-OH is 3. The highest BCUT2D eigenvalue weighted by atomic mass is 35.5. The van der Waals surface area contributed by atoms with Crippen LogP contribution >= 0.6 is 11.6 Å². The van der Waals surface area contributed by atoms with E-state index in [2.05, 4.69) is 15.3 Å². The molecule has 0 spiro atoms. The summed E-state index contributed by atoms with van der Waals surface area (Å²) in [4.78, 5) is 7.96. The van der Waals surface area contributed by atoms with Crippen molar-refractivity contribution in [2.45, 2.75) is 24.7 Å². The molecule has 1 aromatic heterocycles. The molecule has 1 saturated carbocycles. The Hall–Kier alpha value is -2.33. The van der Waals surface area contributed by atoms with Crippen LogP contribution in [0.3, 0.4) is 0 Å². The van der Waals surface area contributed by atoms with Crippen molar-refractivity contribution in [1.82, 2.24) is 9.97 Å². The van der Waals surface area contributed by atoms with Crippen LogP contribution in [0.15, 0.2) is 18.2 Å². The minimum Gasteiger partial charge on any atom is -0.396 e. The van der Waals surface area contributed by atoms with Crippen molar-refractivity contribution in [2.24, 2.45) is 5.92 Å². The molecular weight excluding hydrogens is 394 g/mol. The summed E-state index contributed by atoms with van der Waals surface area (Å²) in [5.74, 6) is -2.34. The maximum Gasteiger partial charge on any atom is 0.223 e. The van der Waals surface area contributed by atoms with Gasteiger partial charge in [-0.15, -0.1) is 0 Å². The number of anilines is 2. The van der Waals surface area contributed by atoms with Gasteiger partial charge in [-0.25, -0.2) is 13.8 Å². The van der Waals surface area contributed by atoms with Crippen LogP contribution in [0.4, 0.5) is 20.5 Å². The van der Waals surface area contributed by atoms with Crippen LogP contribution in [0.1, 0.15) is 17.5 Å². The van der Waals surface area contributed by atoms with Crippen LogP contribution in [-0.2, 0) is 0 Å². The monoisotopic (exact) mass is 412 g/mol. The molecule has 0 amide bonds. The second kappa shape index (κ2) is 8.36. The minimum absolute atomic E-state index is 0.0144. The molecular formula is C18H19ClF2N4O3. The van der Waals surface area contributed by atoms with Crippen molar-refractivity contribution in [1.29, 1.82) is 0 Å². The molecule has 1 fully saturated rings. The fourth-order valence-corrected chi connectivity index (χ4v) is 3.38. The highest BCUT2D eigenvalue weighted by Crippen LogP contribution is 2.31. The molecule has 0 aliphatic heterocycles. The summed E-state index contributed by atoms with van der Waals surface area (Å²) in [6.45, 7) is -0.272. The van der Waals surface area contributed by atoms with Crippen LogP contribution in [-0.4, -0.2) is 50.1 Å². The summed E-state index contributed by atoms with van der Waals surface area (Å²) >= 11 is 6.16. The van der Waals surface area contributed by atoms with Crippen LogP contribution in [0.5, 0.6) is 0 Å². The van der Waals surface area contributed by atoms with E-state index in [1.807, 2.05) is 0 Å². The zero-order valence-corrected chi connectivity index (χ0v) is 15.3. The van der Waals surface area contributed by atoms with Crippen LogP contribution in [0.25, 0.3) is 12.2 Å². The predicted molar refractivity (Wildman–Crippen MR) is 101 cm³/mol. The van der Waals surface area contributed by atoms with E-state index in [1.54, 1.807) is 0 Å². The molecule has 6 N–H and O–H groups in total. The van der Waals surface area contributed by atoms with Gasteiger partial charge >= 0.3 is 0 Å². The summed E-state index contributed by atoms with van der Waals surface area (Å²) in [7, 11) is 0. The smallest absolute Gasteiger partial charge is 0.223 e. The number of halogens is 3. The molecule has 1 aromatic carbocycles. The van der Waals surface area contributed by atoms with Crippen molar-refractivity contribution in [3.63, 3.8) is 0 Å². The maximum absolute atomic E-state index is 13.4. The first kappa shape index (κ1) is 20.4. The van der Waals surface area contributed by atoms with Gasteiger partial charge in [-0.2, -0.15) is 4.98 Å². The van der Waals surface area contributed by atoms with Gasteiger partial charge in [-0.05, 0) is 30.2 Å². The number of rotatable bonds is 5. The molecule has 3 rings (SSSR count). The van der Waals surface area contributed by atoms with Gasteiger partial charge in [0.15, 0.2) is 11.6 Å². The molecule has 10 heteroatoms. The van der Waals surface area contributed by atoms with Crippen molar-refractivity contribution in [3.8, 4) is 0 Å². The molecule has 0 saturated heterocycles. The first-order valence-electron chi connectivity index (χ1n) is 8.49. The normalized spacial score (nSPS) is 24.8. The Labute approximate surface area is 164 Å². The summed E-state index contributed by atoms with van der Waals surface area (Å²) in [6.07, 6.45) is 1.07. The number of hydrogen-bond acceptors (Lipinski definition) is 7. The largest absolute Gasteiger partial charge is 0.396 e. The minimum atomic E-state index is -1.13. The molecule has 1 aliphatic carbocycles. The molecule has 0 bridgehead atoms. The lowest BCUT2D eigenvalue weighted by Crippen LogP contribution is -2.35. The topological polar surface area (TPSA) is 125 Å². The molecule has 1 aliphatic rings. The van der Waals surface area contributed by atoms with E-state index < -0.39 is 35.8 Å². The zero-order valence-electron chi connectivity index (χ0n) is 14.6. The molecule has 2 aromatic rings. The molecule has 4 atom stereocenters. The first-order valence-corrected chi connectivity index (χ1v) is 8.87. The lowest BCUT2D eigenvalue weighted by molar-refractivity contribution is 0.00445. The van der Waals surface area contributed by atoms with Gasteiger partial charge in [0.2, 0.25) is 5.95 Å². The molecule has 7 nitrogen and oxygen atoms in total. The number of aromatic nitrogens is 2. The number of benzene rings is 1. The third-order valence-electron chi connectivity index (χ3n) is 4.66. The summed E-state index contributed by atoms with van der Waals surface area (Å²) < 4.78 is 26.4. The second-order valence-electron chi connectivity index (χ2n) is 6.55. The number of nitrogens with two attached hydrogens (primary N) is 1. The standard InChI is InChI=1S/C18H19ClF2N4O3/c19-16-10(3-1-8-2-4-11(20)12(21)5-8)17(25-18(22)24-16)23-13-6-9(7-26)14(27)15(13)28/h1-5,9,13-15,26-28H,6-7H2,(H3,22,23,24,25)/t9-,13-,14-,15+/m1/s1. The fraction of sp³-hybridized carbons (Fsp3) is 0.333. The number of nitrogen functional groups attached to an aromatic ring is 1. The summed E-state index contributed by atoms with van der Waals surface area (Å²) in [5.41, 5.74) is 6.35. The van der Waals surface area contributed by atoms with E-state index in [0.29, 0.717) is 17.5 Å². The van der Waals surface area contributed by atoms with Gasteiger partial charge in [-0.3, -0.25) is 0 Å². The summed E-state index contributed by atoms with van der Waals surface area (Å²) in [5, 5.41) is 32.4. The number of hydrogen-bond donors (Lipinski definition) is 5. The number of nitrogens with zero attached hydrogens (tertiary/aromatic N) is 2. The van der Waals surface area contributed by atoms with Gasteiger partial charge in [0.05, 0.1) is 17.7 Å². The zero-order chi connectivity index (χ0) is 20.4. The quantitative estimate of drug-likeness (QED) is 0.473. The van der Waals surface area contributed by atoms with E-state index in [4.69, 9.17) is 17.3 Å². The van der Waals surface area contributed by atoms with Gasteiger partial charge in [-0.1, -0.05) is 23.7 Å². The number of aliphatic hydroxyl groups is 3. The lowest BCUT2D eigenvalue weighted by Gasteiger charge is -2.20. The molecule has 0 unspecified atom stereocenters. The van der Waals surface area contributed by atoms with E-state index in [0.717, 1.165) is 12.1 Å². The fourth-order valence-electron chi connectivity index (χ4n) is 3.14. The third-order valence-corrected chi connectivity index (χ3v) is 4.95. The Morgan fingerprint density at radius 3 is 2.57 bits per heavy atom. The Kier molecular flexibility index (Phi) is 6.09. The van der Waals surface area contributed by atoms with Crippen molar-refractivity contribution >= 4 is 35.5 Å². The van der Waals surface area contributed by atoms with E-state index in [9.17, 15) is 24.1 Å². The van der Waals surface area contributed by atoms with Gasteiger partial charge in [0.25, 0.3) is 0 Å². The molecule has 28 heavy (non-hydrogen) atoms. The Morgan fingerprint density at radius 2 is 1.93 bits per heavy atom. The van der Waals surface area contributed by atoms with Crippen molar-refractivity contribution < 1.29 is 24.1 Å². The Bertz CT molecular complexity index is 899. The summed E-state index contributed by atoms with van der Waals surface area (Å²) in [6, 6.07) is 2.80. The molecule has 0 radical (unpaired) electrons. The van der Waals surface area contributed by atoms with E-state index in [-0.39, 0.29) is 23.5 Å².